The number of thioether (sulfide) groups is 1. The van der Waals surface area contributed by atoms with Crippen molar-refractivity contribution in [1.82, 2.24) is 19.4 Å². The maximum Gasteiger partial charge on any atom is 0.274 e. The number of amides is 2. The number of fused-ring (bicyclic) bond motifs is 1. The van der Waals surface area contributed by atoms with Crippen molar-refractivity contribution < 1.29 is 9.59 Å². The first kappa shape index (κ1) is 21.9. The average molecular weight is 467 g/mol. The van der Waals surface area contributed by atoms with Crippen molar-refractivity contribution in [2.24, 2.45) is 7.05 Å². The molecule has 0 aliphatic rings. The molecule has 0 atom stereocenters. The topological polar surface area (TPSA) is 86.0 Å². The minimum atomic E-state index is -0.488. The minimum absolute atomic E-state index is 0.0967. The van der Waals surface area contributed by atoms with Gasteiger partial charge in [-0.3, -0.25) is 24.3 Å². The van der Waals surface area contributed by atoms with Gasteiger partial charge in [-0.2, -0.15) is 0 Å². The Bertz CT molecular complexity index is 1410. The summed E-state index contributed by atoms with van der Waals surface area (Å²) in [6, 6.07) is 15.7. The van der Waals surface area contributed by atoms with E-state index in [2.05, 4.69) is 10.3 Å². The SMILES string of the molecule is Cc1cccc(-n2c(SCC(=O)NC(=O)c3cccn3C)nc3cc(Cl)ccc3c2=O)c1. The van der Waals surface area contributed by atoms with Crippen LogP contribution in [0.1, 0.15) is 16.1 Å². The lowest BCUT2D eigenvalue weighted by atomic mass is 10.2. The molecule has 9 heteroatoms. The van der Waals surface area contributed by atoms with E-state index in [4.69, 9.17) is 11.6 Å². The Balaban J connectivity index is 1.67. The fourth-order valence-corrected chi connectivity index (χ4v) is 4.26. The van der Waals surface area contributed by atoms with Crippen LogP contribution in [0.25, 0.3) is 16.6 Å². The van der Waals surface area contributed by atoms with Gasteiger partial charge in [-0.1, -0.05) is 35.5 Å². The Kier molecular flexibility index (Phi) is 6.16. The van der Waals surface area contributed by atoms with Gasteiger partial charge < -0.3 is 4.57 Å². The number of nitrogens with one attached hydrogen (secondary N) is 1. The summed E-state index contributed by atoms with van der Waals surface area (Å²) >= 11 is 7.16. The molecule has 4 aromatic rings. The summed E-state index contributed by atoms with van der Waals surface area (Å²) < 4.78 is 3.10. The van der Waals surface area contributed by atoms with Gasteiger partial charge in [0, 0.05) is 18.3 Å². The zero-order valence-electron chi connectivity index (χ0n) is 17.3. The Labute approximate surface area is 193 Å². The molecular weight excluding hydrogens is 448 g/mol. The highest BCUT2D eigenvalue weighted by atomic mass is 35.5. The number of hydrogen-bond donors (Lipinski definition) is 1. The molecule has 2 heterocycles. The molecule has 2 aromatic carbocycles. The number of hydrogen-bond acceptors (Lipinski definition) is 5. The van der Waals surface area contributed by atoms with E-state index in [9.17, 15) is 14.4 Å². The van der Waals surface area contributed by atoms with Crippen molar-refractivity contribution in [1.29, 1.82) is 0 Å². The number of carbonyl (C=O) groups is 2. The number of aromatic nitrogens is 3. The summed E-state index contributed by atoms with van der Waals surface area (Å²) in [6.07, 6.45) is 1.72. The number of carbonyl (C=O) groups excluding carboxylic acids is 2. The molecule has 2 aromatic heterocycles. The second kappa shape index (κ2) is 9.02. The third-order valence-electron chi connectivity index (χ3n) is 4.82. The van der Waals surface area contributed by atoms with E-state index < -0.39 is 11.8 Å². The smallest absolute Gasteiger partial charge is 0.274 e. The van der Waals surface area contributed by atoms with Gasteiger partial charge in [0.05, 0.1) is 22.3 Å². The lowest BCUT2D eigenvalue weighted by Gasteiger charge is -2.14. The van der Waals surface area contributed by atoms with Crippen molar-refractivity contribution in [2.45, 2.75) is 12.1 Å². The summed E-state index contributed by atoms with van der Waals surface area (Å²) in [7, 11) is 1.72. The highest BCUT2D eigenvalue weighted by Crippen LogP contribution is 2.23. The Hall–Kier alpha value is -3.36. The highest BCUT2D eigenvalue weighted by molar-refractivity contribution is 7.99. The van der Waals surface area contributed by atoms with Crippen molar-refractivity contribution in [3.05, 3.63) is 87.4 Å². The van der Waals surface area contributed by atoms with Gasteiger partial charge >= 0.3 is 0 Å². The first-order chi connectivity index (χ1) is 15.3. The molecule has 162 valence electrons. The molecule has 0 unspecified atom stereocenters. The third-order valence-corrected chi connectivity index (χ3v) is 6.00. The van der Waals surface area contributed by atoms with E-state index in [1.165, 1.54) is 4.57 Å². The van der Waals surface area contributed by atoms with Crippen LogP contribution in [0, 0.1) is 6.92 Å². The molecule has 0 saturated carbocycles. The Morgan fingerprint density at radius 2 is 1.94 bits per heavy atom. The summed E-state index contributed by atoms with van der Waals surface area (Å²) in [5.74, 6) is -1.07. The van der Waals surface area contributed by atoms with Gasteiger partial charge in [-0.25, -0.2) is 4.98 Å². The maximum atomic E-state index is 13.3. The first-order valence-electron chi connectivity index (χ1n) is 9.71. The van der Waals surface area contributed by atoms with E-state index >= 15 is 0 Å². The summed E-state index contributed by atoms with van der Waals surface area (Å²) in [5.41, 5.74) is 2.17. The maximum absolute atomic E-state index is 13.3. The molecule has 7 nitrogen and oxygen atoms in total. The molecule has 4 rings (SSSR count). The molecule has 0 aliphatic carbocycles. The third kappa shape index (κ3) is 4.46. The standard InChI is InChI=1S/C23H19ClN4O3S/c1-14-5-3-6-16(11-14)28-22(31)17-9-8-15(24)12-18(17)25-23(28)32-13-20(29)26-21(30)19-7-4-10-27(19)2/h3-12H,13H2,1-2H3,(H,26,29,30). The van der Waals surface area contributed by atoms with Crippen LogP contribution in [0.4, 0.5) is 0 Å². The fourth-order valence-electron chi connectivity index (χ4n) is 3.28. The van der Waals surface area contributed by atoms with Gasteiger partial charge in [0.15, 0.2) is 5.16 Å². The van der Waals surface area contributed by atoms with Crippen molar-refractivity contribution in [3.63, 3.8) is 0 Å². The molecule has 0 bridgehead atoms. The summed E-state index contributed by atoms with van der Waals surface area (Å²) in [6.45, 7) is 1.93. The molecular formula is C23H19ClN4O3S. The van der Waals surface area contributed by atoms with Crippen molar-refractivity contribution in [2.75, 3.05) is 5.75 Å². The van der Waals surface area contributed by atoms with Gasteiger partial charge in [0.25, 0.3) is 11.5 Å². The van der Waals surface area contributed by atoms with Crippen LogP contribution in [0.15, 0.2) is 70.7 Å². The van der Waals surface area contributed by atoms with Gasteiger partial charge in [0.2, 0.25) is 5.91 Å². The van der Waals surface area contributed by atoms with Crippen LogP contribution in [-0.4, -0.2) is 31.7 Å². The number of halogens is 1. The van der Waals surface area contributed by atoms with Crippen LogP contribution in [-0.2, 0) is 11.8 Å². The van der Waals surface area contributed by atoms with Crippen molar-refractivity contribution in [3.8, 4) is 5.69 Å². The minimum Gasteiger partial charge on any atom is -0.347 e. The second-order valence-electron chi connectivity index (χ2n) is 7.21. The molecule has 0 radical (unpaired) electrons. The first-order valence-corrected chi connectivity index (χ1v) is 11.1. The number of benzene rings is 2. The Morgan fingerprint density at radius 1 is 1.12 bits per heavy atom. The molecule has 0 saturated heterocycles. The van der Waals surface area contributed by atoms with Crippen LogP contribution < -0.4 is 10.9 Å². The average Bonchev–Trinajstić information content (AvgIpc) is 3.18. The van der Waals surface area contributed by atoms with Crippen LogP contribution in [0.3, 0.4) is 0 Å². The van der Waals surface area contributed by atoms with Gasteiger partial charge in [-0.05, 0) is 55.0 Å². The predicted octanol–water partition coefficient (Wildman–Crippen LogP) is 3.73. The van der Waals surface area contributed by atoms with Gasteiger partial charge in [0.1, 0.15) is 5.69 Å². The van der Waals surface area contributed by atoms with E-state index in [1.54, 1.807) is 54.2 Å². The number of rotatable bonds is 5. The number of nitrogens with zero attached hydrogens (tertiary/aromatic N) is 3. The quantitative estimate of drug-likeness (QED) is 0.358. The van der Waals surface area contributed by atoms with Crippen LogP contribution in [0.2, 0.25) is 5.02 Å². The fraction of sp³-hybridized carbons (Fsp3) is 0.130. The lowest BCUT2D eigenvalue weighted by Crippen LogP contribution is -2.33. The lowest BCUT2D eigenvalue weighted by molar-refractivity contribution is -0.117. The molecule has 0 aliphatic heterocycles. The predicted molar refractivity (Wildman–Crippen MR) is 126 cm³/mol. The zero-order chi connectivity index (χ0) is 22.8. The normalized spacial score (nSPS) is 11.0. The van der Waals surface area contributed by atoms with E-state index in [1.807, 2.05) is 25.1 Å². The van der Waals surface area contributed by atoms with E-state index in [0.29, 0.717) is 32.5 Å². The Morgan fingerprint density at radius 3 is 2.66 bits per heavy atom. The van der Waals surface area contributed by atoms with E-state index in [0.717, 1.165) is 17.3 Å². The molecule has 2 amide bonds. The van der Waals surface area contributed by atoms with E-state index in [-0.39, 0.29) is 11.3 Å². The van der Waals surface area contributed by atoms with Crippen LogP contribution in [0.5, 0.6) is 0 Å². The van der Waals surface area contributed by atoms with Gasteiger partial charge in [-0.15, -0.1) is 0 Å². The number of imide groups is 1. The molecule has 0 spiro atoms. The molecule has 0 fully saturated rings. The highest BCUT2D eigenvalue weighted by Gasteiger charge is 2.17. The molecule has 1 N–H and O–H groups in total. The number of aryl methyl sites for hydroxylation is 2. The van der Waals surface area contributed by atoms with Crippen molar-refractivity contribution >= 4 is 46.1 Å². The molecule has 32 heavy (non-hydrogen) atoms. The largest absolute Gasteiger partial charge is 0.347 e. The summed E-state index contributed by atoms with van der Waals surface area (Å²) in [4.78, 5) is 42.6. The summed E-state index contributed by atoms with van der Waals surface area (Å²) in [5, 5.41) is 3.58. The van der Waals surface area contributed by atoms with Crippen LogP contribution >= 0.6 is 23.4 Å². The monoisotopic (exact) mass is 466 g/mol. The second-order valence-corrected chi connectivity index (χ2v) is 8.58. The zero-order valence-corrected chi connectivity index (χ0v) is 18.9.